The van der Waals surface area contributed by atoms with Crippen LogP contribution in [0.1, 0.15) is 31.4 Å². The van der Waals surface area contributed by atoms with Gasteiger partial charge < -0.3 is 5.32 Å². The molecule has 1 aliphatic rings. The van der Waals surface area contributed by atoms with Crippen LogP contribution in [0.5, 0.6) is 0 Å². The number of hydrogen-bond donors (Lipinski definition) is 1. The van der Waals surface area contributed by atoms with E-state index in [9.17, 15) is 10.1 Å². The van der Waals surface area contributed by atoms with Gasteiger partial charge in [0, 0.05) is 47.2 Å². The molecule has 1 fully saturated rings. The number of thioether (sulfide) groups is 2. The van der Waals surface area contributed by atoms with Gasteiger partial charge in [0.1, 0.15) is 0 Å². The quantitative estimate of drug-likeness (QED) is 0.609. The lowest BCUT2D eigenvalue weighted by atomic mass is 10.0. The molecule has 2 unspecified atom stereocenters. The van der Waals surface area contributed by atoms with Gasteiger partial charge in [-0.25, -0.2) is 0 Å². The first-order valence-corrected chi connectivity index (χ1v) is 9.58. The van der Waals surface area contributed by atoms with E-state index in [-0.39, 0.29) is 16.7 Å². The smallest absolute Gasteiger partial charge is 0.269 e. The maximum atomic E-state index is 10.9. The lowest BCUT2D eigenvalue weighted by Gasteiger charge is -2.25. The van der Waals surface area contributed by atoms with Gasteiger partial charge in [-0.2, -0.15) is 23.5 Å². The minimum atomic E-state index is -0.319. The van der Waals surface area contributed by atoms with Crippen LogP contribution in [0.3, 0.4) is 0 Å². The average molecular weight is 326 g/mol. The summed E-state index contributed by atoms with van der Waals surface area (Å²) in [6, 6.07) is 7.24. The predicted octanol–water partition coefficient (Wildman–Crippen LogP) is 3.87. The molecule has 0 bridgehead atoms. The van der Waals surface area contributed by atoms with Crippen LogP contribution in [0, 0.1) is 10.1 Å². The SMILES string of the molecule is CCCC(NCC1CSCCS1)c1cccc([N+](=O)[O-])c1. The minimum Gasteiger partial charge on any atom is -0.309 e. The Morgan fingerprint density at radius 2 is 2.33 bits per heavy atom. The van der Waals surface area contributed by atoms with Crippen molar-refractivity contribution < 1.29 is 4.92 Å². The first-order chi connectivity index (χ1) is 10.2. The van der Waals surface area contributed by atoms with E-state index in [1.54, 1.807) is 18.2 Å². The van der Waals surface area contributed by atoms with Crippen LogP contribution < -0.4 is 5.32 Å². The van der Waals surface area contributed by atoms with Gasteiger partial charge in [-0.05, 0) is 12.0 Å². The van der Waals surface area contributed by atoms with E-state index in [1.807, 2.05) is 29.6 Å². The van der Waals surface area contributed by atoms with E-state index in [4.69, 9.17) is 0 Å². The summed E-state index contributed by atoms with van der Waals surface area (Å²) in [5.41, 5.74) is 1.21. The molecule has 1 saturated heterocycles. The molecule has 116 valence electrons. The van der Waals surface area contributed by atoms with E-state index in [2.05, 4.69) is 12.2 Å². The molecule has 0 aromatic heterocycles. The molecule has 0 amide bonds. The fraction of sp³-hybridized carbons (Fsp3) is 0.600. The molecule has 0 spiro atoms. The number of non-ortho nitro benzene ring substituents is 1. The third-order valence-corrected chi connectivity index (χ3v) is 6.38. The second-order valence-electron chi connectivity index (χ2n) is 5.17. The van der Waals surface area contributed by atoms with Crippen molar-refractivity contribution in [2.75, 3.05) is 23.8 Å². The van der Waals surface area contributed by atoms with Crippen molar-refractivity contribution in [3.05, 3.63) is 39.9 Å². The molecular weight excluding hydrogens is 304 g/mol. The molecule has 0 aliphatic carbocycles. The summed E-state index contributed by atoms with van der Waals surface area (Å²) < 4.78 is 0. The van der Waals surface area contributed by atoms with Gasteiger partial charge in [-0.3, -0.25) is 10.1 Å². The zero-order valence-corrected chi connectivity index (χ0v) is 13.9. The maximum Gasteiger partial charge on any atom is 0.269 e. The van der Waals surface area contributed by atoms with Gasteiger partial charge in [0.05, 0.1) is 4.92 Å². The highest BCUT2D eigenvalue weighted by Gasteiger charge is 2.18. The van der Waals surface area contributed by atoms with E-state index >= 15 is 0 Å². The topological polar surface area (TPSA) is 55.2 Å². The zero-order chi connectivity index (χ0) is 15.1. The van der Waals surface area contributed by atoms with Gasteiger partial charge in [0.2, 0.25) is 0 Å². The number of hydrogen-bond acceptors (Lipinski definition) is 5. The normalized spacial score (nSPS) is 20.1. The molecule has 21 heavy (non-hydrogen) atoms. The standard InChI is InChI=1S/C15H22N2O2S2/c1-2-4-15(16-10-14-11-20-7-8-21-14)12-5-3-6-13(9-12)17(18)19/h3,5-6,9,14-16H,2,4,7-8,10-11H2,1H3. The summed E-state index contributed by atoms with van der Waals surface area (Å²) in [5.74, 6) is 3.68. The molecule has 0 radical (unpaired) electrons. The fourth-order valence-electron chi connectivity index (χ4n) is 2.46. The molecule has 4 nitrogen and oxygen atoms in total. The first-order valence-electron chi connectivity index (χ1n) is 7.37. The lowest BCUT2D eigenvalue weighted by Crippen LogP contribution is -2.32. The van der Waals surface area contributed by atoms with Crippen molar-refractivity contribution in [2.24, 2.45) is 0 Å². The van der Waals surface area contributed by atoms with E-state index in [0.717, 1.165) is 24.9 Å². The number of rotatable bonds is 7. The summed E-state index contributed by atoms with van der Waals surface area (Å²) in [5, 5.41) is 15.2. The summed E-state index contributed by atoms with van der Waals surface area (Å²) in [4.78, 5) is 10.6. The largest absolute Gasteiger partial charge is 0.309 e. The van der Waals surface area contributed by atoms with Crippen LogP contribution in [-0.4, -0.2) is 34.0 Å². The van der Waals surface area contributed by atoms with Crippen molar-refractivity contribution in [3.63, 3.8) is 0 Å². The lowest BCUT2D eigenvalue weighted by molar-refractivity contribution is -0.384. The number of benzene rings is 1. The van der Waals surface area contributed by atoms with Crippen molar-refractivity contribution in [3.8, 4) is 0 Å². The summed E-state index contributed by atoms with van der Waals surface area (Å²) in [6.45, 7) is 3.13. The molecule has 0 saturated carbocycles. The van der Waals surface area contributed by atoms with Crippen LogP contribution in [0.25, 0.3) is 0 Å². The van der Waals surface area contributed by atoms with Crippen LogP contribution in [0.2, 0.25) is 0 Å². The van der Waals surface area contributed by atoms with Gasteiger partial charge >= 0.3 is 0 Å². The molecular formula is C15H22N2O2S2. The molecule has 1 aliphatic heterocycles. The van der Waals surface area contributed by atoms with Crippen LogP contribution in [0.15, 0.2) is 24.3 Å². The molecule has 1 aromatic carbocycles. The van der Waals surface area contributed by atoms with E-state index < -0.39 is 0 Å². The summed E-state index contributed by atoms with van der Waals surface area (Å²) >= 11 is 4.06. The van der Waals surface area contributed by atoms with Crippen molar-refractivity contribution >= 4 is 29.2 Å². The molecule has 2 rings (SSSR count). The third kappa shape index (κ3) is 5.20. The third-order valence-electron chi connectivity index (χ3n) is 3.54. The Labute approximate surface area is 134 Å². The van der Waals surface area contributed by atoms with E-state index in [0.29, 0.717) is 5.25 Å². The fourth-order valence-corrected chi connectivity index (χ4v) is 5.08. The molecule has 1 heterocycles. The highest BCUT2D eigenvalue weighted by atomic mass is 32.2. The van der Waals surface area contributed by atoms with Crippen LogP contribution in [-0.2, 0) is 0 Å². The Balaban J connectivity index is 2.00. The highest BCUT2D eigenvalue weighted by molar-refractivity contribution is 8.06. The first kappa shape index (κ1) is 16.6. The molecule has 1 aromatic rings. The van der Waals surface area contributed by atoms with Crippen LogP contribution >= 0.6 is 23.5 Å². The van der Waals surface area contributed by atoms with Gasteiger partial charge in [-0.1, -0.05) is 25.5 Å². The maximum absolute atomic E-state index is 10.9. The number of nitrogens with zero attached hydrogens (tertiary/aromatic N) is 1. The minimum absolute atomic E-state index is 0.179. The Hall–Kier alpha value is -0.720. The average Bonchev–Trinajstić information content (AvgIpc) is 2.52. The van der Waals surface area contributed by atoms with Crippen molar-refractivity contribution in [2.45, 2.75) is 31.1 Å². The monoisotopic (exact) mass is 326 g/mol. The second kappa shape index (κ2) is 8.66. The van der Waals surface area contributed by atoms with Gasteiger partial charge in [0.15, 0.2) is 0 Å². The Bertz CT molecular complexity index is 465. The Kier molecular flexibility index (Phi) is 6.86. The zero-order valence-electron chi connectivity index (χ0n) is 12.3. The van der Waals surface area contributed by atoms with Crippen molar-refractivity contribution in [1.29, 1.82) is 0 Å². The Morgan fingerprint density at radius 3 is 3.00 bits per heavy atom. The molecule has 6 heteroatoms. The van der Waals surface area contributed by atoms with Gasteiger partial charge in [-0.15, -0.1) is 0 Å². The second-order valence-corrected chi connectivity index (χ2v) is 7.73. The van der Waals surface area contributed by atoms with E-state index in [1.165, 1.54) is 17.3 Å². The molecule has 1 N–H and O–H groups in total. The number of nitro benzene ring substituents is 1. The predicted molar refractivity (Wildman–Crippen MR) is 92.3 cm³/mol. The number of nitro groups is 1. The van der Waals surface area contributed by atoms with Crippen molar-refractivity contribution in [1.82, 2.24) is 5.32 Å². The number of nitrogens with one attached hydrogen (secondary N) is 1. The summed E-state index contributed by atoms with van der Waals surface area (Å²) in [6.07, 6.45) is 2.07. The summed E-state index contributed by atoms with van der Waals surface area (Å²) in [7, 11) is 0. The highest BCUT2D eigenvalue weighted by Crippen LogP contribution is 2.26. The molecule has 2 atom stereocenters. The van der Waals surface area contributed by atoms with Crippen LogP contribution in [0.4, 0.5) is 5.69 Å². The Morgan fingerprint density at radius 1 is 1.48 bits per heavy atom. The van der Waals surface area contributed by atoms with Gasteiger partial charge in [0.25, 0.3) is 5.69 Å².